The fraction of sp³-hybridized carbons (Fsp3) is 0.200. The van der Waals surface area contributed by atoms with E-state index in [2.05, 4.69) is 15.9 Å². The summed E-state index contributed by atoms with van der Waals surface area (Å²) in [7, 11) is 0. The summed E-state index contributed by atoms with van der Waals surface area (Å²) >= 11 is 3.23. The molecule has 0 radical (unpaired) electrons. The molecule has 0 aliphatic rings. The summed E-state index contributed by atoms with van der Waals surface area (Å²) in [5.41, 5.74) is 2.74. The molecule has 0 aromatic heterocycles. The Balaban J connectivity index is 2.13. The fourth-order valence-electron chi connectivity index (χ4n) is 1.66. The van der Waals surface area contributed by atoms with E-state index in [0.717, 1.165) is 21.3 Å². The van der Waals surface area contributed by atoms with Crippen molar-refractivity contribution >= 4 is 15.9 Å². The maximum absolute atomic E-state index is 13.6. The van der Waals surface area contributed by atoms with Crippen molar-refractivity contribution in [3.8, 4) is 5.75 Å². The first-order valence-electron chi connectivity index (χ1n) is 5.70. The second kappa shape index (κ2) is 5.53. The van der Waals surface area contributed by atoms with Gasteiger partial charge in [0.1, 0.15) is 18.2 Å². The molecule has 0 atom stereocenters. The lowest BCUT2D eigenvalue weighted by Crippen LogP contribution is -2.00. The Labute approximate surface area is 115 Å². The van der Waals surface area contributed by atoms with Gasteiger partial charge in [-0.25, -0.2) is 4.39 Å². The van der Waals surface area contributed by atoms with E-state index in [1.807, 2.05) is 38.1 Å². The number of hydrogen-bond donors (Lipinski definition) is 0. The van der Waals surface area contributed by atoms with Crippen LogP contribution in [0.25, 0.3) is 0 Å². The number of halogens is 2. The topological polar surface area (TPSA) is 9.23 Å². The number of ether oxygens (including phenoxy) is 1. The maximum Gasteiger partial charge on any atom is 0.130 e. The van der Waals surface area contributed by atoms with Gasteiger partial charge < -0.3 is 4.74 Å². The number of benzene rings is 2. The van der Waals surface area contributed by atoms with E-state index in [1.54, 1.807) is 6.07 Å². The highest BCUT2D eigenvalue weighted by Gasteiger charge is 2.05. The minimum Gasteiger partial charge on any atom is -0.489 e. The van der Waals surface area contributed by atoms with Crippen molar-refractivity contribution in [3.63, 3.8) is 0 Å². The summed E-state index contributed by atoms with van der Waals surface area (Å²) in [6.07, 6.45) is 0. The largest absolute Gasteiger partial charge is 0.489 e. The van der Waals surface area contributed by atoms with Gasteiger partial charge in [-0.2, -0.15) is 0 Å². The third kappa shape index (κ3) is 3.10. The molecule has 0 aliphatic heterocycles. The Hall–Kier alpha value is -1.35. The standard InChI is InChI=1S/C15H14BrFO/c1-10-3-4-11(2)15(7-10)18-9-12-5-6-13(16)8-14(12)17/h3-8H,9H2,1-2H3. The molecule has 2 aromatic carbocycles. The Morgan fingerprint density at radius 1 is 1.11 bits per heavy atom. The predicted octanol–water partition coefficient (Wildman–Crippen LogP) is 4.78. The molecule has 0 amide bonds. The Morgan fingerprint density at radius 2 is 1.89 bits per heavy atom. The van der Waals surface area contributed by atoms with E-state index in [0.29, 0.717) is 5.56 Å². The number of rotatable bonds is 3. The van der Waals surface area contributed by atoms with Crippen molar-refractivity contribution in [1.82, 2.24) is 0 Å². The van der Waals surface area contributed by atoms with Crippen LogP contribution in [0.2, 0.25) is 0 Å². The molecule has 0 bridgehead atoms. The van der Waals surface area contributed by atoms with Gasteiger partial charge in [-0.1, -0.05) is 34.1 Å². The molecule has 2 aromatic rings. The van der Waals surface area contributed by atoms with Crippen LogP contribution in [0.1, 0.15) is 16.7 Å². The van der Waals surface area contributed by atoms with Crippen LogP contribution in [0.3, 0.4) is 0 Å². The highest BCUT2D eigenvalue weighted by Crippen LogP contribution is 2.22. The first kappa shape index (κ1) is 13.1. The summed E-state index contributed by atoms with van der Waals surface area (Å²) in [5.74, 6) is 0.548. The second-order valence-electron chi connectivity index (χ2n) is 4.29. The minimum atomic E-state index is -0.255. The van der Waals surface area contributed by atoms with Crippen molar-refractivity contribution in [2.45, 2.75) is 20.5 Å². The molecule has 0 aliphatic carbocycles. The monoisotopic (exact) mass is 308 g/mol. The third-order valence-corrected chi connectivity index (χ3v) is 3.24. The fourth-order valence-corrected chi connectivity index (χ4v) is 1.99. The van der Waals surface area contributed by atoms with Crippen molar-refractivity contribution < 1.29 is 9.13 Å². The summed E-state index contributed by atoms with van der Waals surface area (Å²) < 4.78 is 20.0. The van der Waals surface area contributed by atoms with Gasteiger partial charge in [0.25, 0.3) is 0 Å². The summed E-state index contributed by atoms with van der Waals surface area (Å²) in [6, 6.07) is 11.0. The van der Waals surface area contributed by atoms with Gasteiger partial charge in [-0.05, 0) is 43.2 Å². The molecule has 0 fully saturated rings. The molecule has 0 saturated heterocycles. The van der Waals surface area contributed by atoms with Gasteiger partial charge in [0.2, 0.25) is 0 Å². The zero-order valence-corrected chi connectivity index (χ0v) is 11.9. The van der Waals surface area contributed by atoms with E-state index in [-0.39, 0.29) is 12.4 Å². The van der Waals surface area contributed by atoms with Crippen LogP contribution in [0.5, 0.6) is 5.75 Å². The molecule has 1 nitrogen and oxygen atoms in total. The molecule has 94 valence electrons. The van der Waals surface area contributed by atoms with E-state index >= 15 is 0 Å². The molecule has 3 heteroatoms. The van der Waals surface area contributed by atoms with Crippen LogP contribution in [0.15, 0.2) is 40.9 Å². The predicted molar refractivity (Wildman–Crippen MR) is 74.3 cm³/mol. The van der Waals surface area contributed by atoms with E-state index in [4.69, 9.17) is 4.74 Å². The number of hydrogen-bond acceptors (Lipinski definition) is 1. The minimum absolute atomic E-state index is 0.239. The molecule has 0 heterocycles. The van der Waals surface area contributed by atoms with Gasteiger partial charge in [-0.3, -0.25) is 0 Å². The Bertz CT molecular complexity index is 566. The van der Waals surface area contributed by atoms with E-state index in [1.165, 1.54) is 6.07 Å². The smallest absolute Gasteiger partial charge is 0.130 e. The molecule has 0 spiro atoms. The normalized spacial score (nSPS) is 10.4. The second-order valence-corrected chi connectivity index (χ2v) is 5.21. The summed E-state index contributed by atoms with van der Waals surface area (Å²) in [4.78, 5) is 0. The molecule has 2 rings (SSSR count). The number of aryl methyl sites for hydroxylation is 2. The van der Waals surface area contributed by atoms with Crippen LogP contribution in [-0.4, -0.2) is 0 Å². The van der Waals surface area contributed by atoms with Crippen LogP contribution in [0, 0.1) is 19.7 Å². The van der Waals surface area contributed by atoms with E-state index < -0.39 is 0 Å². The highest BCUT2D eigenvalue weighted by molar-refractivity contribution is 9.10. The van der Waals surface area contributed by atoms with Gasteiger partial charge in [-0.15, -0.1) is 0 Å². The van der Waals surface area contributed by atoms with Crippen molar-refractivity contribution in [3.05, 3.63) is 63.4 Å². The molecule has 0 unspecified atom stereocenters. The molecule has 0 saturated carbocycles. The average molecular weight is 309 g/mol. The lowest BCUT2D eigenvalue weighted by atomic mass is 10.1. The molecular weight excluding hydrogens is 295 g/mol. The SMILES string of the molecule is Cc1ccc(C)c(OCc2ccc(Br)cc2F)c1. The van der Waals surface area contributed by atoms with Crippen molar-refractivity contribution in [1.29, 1.82) is 0 Å². The quantitative estimate of drug-likeness (QED) is 0.792. The summed E-state index contributed by atoms with van der Waals surface area (Å²) in [6.45, 7) is 4.22. The van der Waals surface area contributed by atoms with Gasteiger partial charge in [0.05, 0.1) is 0 Å². The summed E-state index contributed by atoms with van der Waals surface area (Å²) in [5, 5.41) is 0. The van der Waals surface area contributed by atoms with Crippen LogP contribution >= 0.6 is 15.9 Å². The van der Waals surface area contributed by atoms with Crippen LogP contribution < -0.4 is 4.74 Å². The van der Waals surface area contributed by atoms with Gasteiger partial charge >= 0.3 is 0 Å². The first-order valence-corrected chi connectivity index (χ1v) is 6.49. The molecular formula is C15H14BrFO. The van der Waals surface area contributed by atoms with Gasteiger partial charge in [0, 0.05) is 10.0 Å². The Morgan fingerprint density at radius 3 is 2.61 bits per heavy atom. The van der Waals surface area contributed by atoms with Crippen LogP contribution in [0.4, 0.5) is 4.39 Å². The third-order valence-electron chi connectivity index (χ3n) is 2.74. The molecule has 18 heavy (non-hydrogen) atoms. The highest BCUT2D eigenvalue weighted by atomic mass is 79.9. The average Bonchev–Trinajstić information content (AvgIpc) is 2.32. The lowest BCUT2D eigenvalue weighted by Gasteiger charge is -2.10. The zero-order valence-electron chi connectivity index (χ0n) is 10.3. The van der Waals surface area contributed by atoms with Crippen molar-refractivity contribution in [2.24, 2.45) is 0 Å². The Kier molecular flexibility index (Phi) is 4.02. The van der Waals surface area contributed by atoms with E-state index in [9.17, 15) is 4.39 Å². The van der Waals surface area contributed by atoms with Crippen LogP contribution in [-0.2, 0) is 6.61 Å². The van der Waals surface area contributed by atoms with Crippen molar-refractivity contribution in [2.75, 3.05) is 0 Å². The zero-order chi connectivity index (χ0) is 13.1. The lowest BCUT2D eigenvalue weighted by molar-refractivity contribution is 0.297. The van der Waals surface area contributed by atoms with Gasteiger partial charge in [0.15, 0.2) is 0 Å². The first-order chi connectivity index (χ1) is 8.56. The molecule has 0 N–H and O–H groups in total. The maximum atomic E-state index is 13.6.